The van der Waals surface area contributed by atoms with Crippen molar-refractivity contribution in [1.82, 2.24) is 15.2 Å². The molecule has 1 aromatic carbocycles. The molecule has 2 N–H and O–H groups in total. The number of amides is 2. The Hall–Kier alpha value is -2.40. The summed E-state index contributed by atoms with van der Waals surface area (Å²) in [7, 11) is 0. The Bertz CT molecular complexity index is 673. The zero-order chi connectivity index (χ0) is 13.6. The van der Waals surface area contributed by atoms with Crippen LogP contribution in [0.1, 0.15) is 11.3 Å². The smallest absolute Gasteiger partial charge is 0.306 e. The number of aromatic nitrogens is 1. The van der Waals surface area contributed by atoms with Gasteiger partial charge in [-0.25, -0.2) is 4.79 Å². The number of nitrogens with zero attached hydrogens (tertiary/aromatic N) is 2. The second-order valence-electron chi connectivity index (χ2n) is 4.98. The first-order valence-corrected chi connectivity index (χ1v) is 6.67. The zero-order valence-electron chi connectivity index (χ0n) is 10.8. The van der Waals surface area contributed by atoms with Gasteiger partial charge in [-0.05, 0) is 17.7 Å². The van der Waals surface area contributed by atoms with Crippen LogP contribution in [-0.2, 0) is 5.66 Å². The van der Waals surface area contributed by atoms with Crippen LogP contribution in [0.5, 0.6) is 0 Å². The summed E-state index contributed by atoms with van der Waals surface area (Å²) in [5, 5.41) is 6.39. The van der Waals surface area contributed by atoms with Crippen LogP contribution < -0.4 is 10.6 Å². The molecule has 1 fully saturated rings. The van der Waals surface area contributed by atoms with E-state index in [1.807, 2.05) is 47.4 Å². The van der Waals surface area contributed by atoms with Crippen LogP contribution in [0, 0.1) is 0 Å². The van der Waals surface area contributed by atoms with Crippen LogP contribution in [-0.4, -0.2) is 29.0 Å². The van der Waals surface area contributed by atoms with Gasteiger partial charge >= 0.3 is 6.03 Å². The van der Waals surface area contributed by atoms with Gasteiger partial charge in [0.2, 0.25) is 0 Å². The van der Waals surface area contributed by atoms with Gasteiger partial charge in [-0.3, -0.25) is 15.2 Å². The molecule has 2 aliphatic heterocycles. The van der Waals surface area contributed by atoms with Gasteiger partial charge in [0.05, 0.1) is 5.69 Å². The van der Waals surface area contributed by atoms with E-state index in [1.165, 1.54) is 0 Å². The molecule has 100 valence electrons. The van der Waals surface area contributed by atoms with E-state index in [9.17, 15) is 4.79 Å². The minimum atomic E-state index is -0.653. The topological polar surface area (TPSA) is 57.3 Å². The number of anilines is 1. The van der Waals surface area contributed by atoms with E-state index in [1.54, 1.807) is 6.20 Å². The van der Waals surface area contributed by atoms with E-state index < -0.39 is 5.66 Å². The molecule has 2 aromatic rings. The number of carbonyl (C=O) groups excluding carboxylic acids is 1. The maximum absolute atomic E-state index is 12.4. The number of carbonyl (C=O) groups is 1. The molecule has 5 heteroatoms. The summed E-state index contributed by atoms with van der Waals surface area (Å²) in [6, 6.07) is 13.6. The SMILES string of the molecule is O=C1Nc2cccnc2C2(c3ccccc3)NCCN12. The largest absolute Gasteiger partial charge is 0.324 e. The van der Waals surface area contributed by atoms with E-state index >= 15 is 0 Å². The normalized spacial score (nSPS) is 24.0. The Morgan fingerprint density at radius 3 is 2.85 bits per heavy atom. The highest BCUT2D eigenvalue weighted by Crippen LogP contribution is 2.41. The molecule has 4 rings (SSSR count). The van der Waals surface area contributed by atoms with Gasteiger partial charge in [-0.2, -0.15) is 0 Å². The fourth-order valence-corrected chi connectivity index (χ4v) is 3.13. The van der Waals surface area contributed by atoms with Gasteiger partial charge in [0.25, 0.3) is 0 Å². The molecule has 1 atom stereocenters. The third-order valence-corrected chi connectivity index (χ3v) is 3.95. The van der Waals surface area contributed by atoms with Gasteiger partial charge < -0.3 is 5.32 Å². The fraction of sp³-hybridized carbons (Fsp3) is 0.200. The summed E-state index contributed by atoms with van der Waals surface area (Å²) in [4.78, 5) is 18.7. The Morgan fingerprint density at radius 1 is 1.15 bits per heavy atom. The van der Waals surface area contributed by atoms with Crippen LogP contribution in [0.25, 0.3) is 0 Å². The Balaban J connectivity index is 2.01. The second kappa shape index (κ2) is 4.05. The molecular weight excluding hydrogens is 252 g/mol. The molecule has 1 unspecified atom stereocenters. The minimum Gasteiger partial charge on any atom is -0.306 e. The van der Waals surface area contributed by atoms with Crippen molar-refractivity contribution >= 4 is 11.7 Å². The quantitative estimate of drug-likeness (QED) is 0.826. The first-order valence-electron chi connectivity index (χ1n) is 6.67. The lowest BCUT2D eigenvalue weighted by Gasteiger charge is -2.42. The van der Waals surface area contributed by atoms with Gasteiger partial charge in [0.1, 0.15) is 5.69 Å². The van der Waals surface area contributed by atoms with Crippen molar-refractivity contribution in [3.63, 3.8) is 0 Å². The summed E-state index contributed by atoms with van der Waals surface area (Å²) in [5.74, 6) is 0. The Morgan fingerprint density at radius 2 is 2.00 bits per heavy atom. The number of fused-ring (bicyclic) bond motifs is 3. The summed E-state index contributed by atoms with van der Waals surface area (Å²) < 4.78 is 0. The molecule has 0 spiro atoms. The van der Waals surface area contributed by atoms with Gasteiger partial charge in [-0.15, -0.1) is 0 Å². The van der Waals surface area contributed by atoms with E-state index in [4.69, 9.17) is 0 Å². The van der Waals surface area contributed by atoms with Crippen molar-refractivity contribution in [1.29, 1.82) is 0 Å². The van der Waals surface area contributed by atoms with Crippen LogP contribution in [0.3, 0.4) is 0 Å². The number of hydrogen-bond acceptors (Lipinski definition) is 3. The van der Waals surface area contributed by atoms with Crippen LogP contribution >= 0.6 is 0 Å². The zero-order valence-corrected chi connectivity index (χ0v) is 10.8. The lowest BCUT2D eigenvalue weighted by atomic mass is 9.92. The summed E-state index contributed by atoms with van der Waals surface area (Å²) in [5.41, 5.74) is 2.00. The van der Waals surface area contributed by atoms with Crippen LogP contribution in [0.15, 0.2) is 48.7 Å². The van der Waals surface area contributed by atoms with E-state index in [0.29, 0.717) is 6.54 Å². The number of nitrogens with one attached hydrogen (secondary N) is 2. The van der Waals surface area contributed by atoms with Crippen molar-refractivity contribution in [3.8, 4) is 0 Å². The number of hydrogen-bond donors (Lipinski definition) is 2. The Labute approximate surface area is 116 Å². The average molecular weight is 266 g/mol. The fourth-order valence-electron chi connectivity index (χ4n) is 3.13. The van der Waals surface area contributed by atoms with E-state index in [-0.39, 0.29) is 6.03 Å². The molecule has 5 nitrogen and oxygen atoms in total. The number of benzene rings is 1. The molecule has 20 heavy (non-hydrogen) atoms. The summed E-state index contributed by atoms with van der Waals surface area (Å²) in [6.07, 6.45) is 1.76. The second-order valence-corrected chi connectivity index (χ2v) is 4.98. The highest BCUT2D eigenvalue weighted by atomic mass is 16.2. The standard InChI is InChI=1S/C15H14N4O/c20-14-18-12-7-4-8-16-13(12)15(17-9-10-19(14)15)11-5-2-1-3-6-11/h1-8,17H,9-10H2,(H,18,20). The number of urea groups is 1. The minimum absolute atomic E-state index is 0.0839. The highest BCUT2D eigenvalue weighted by Gasteiger charge is 2.51. The van der Waals surface area contributed by atoms with E-state index in [2.05, 4.69) is 15.6 Å². The van der Waals surface area contributed by atoms with Crippen molar-refractivity contribution in [2.75, 3.05) is 18.4 Å². The first kappa shape index (κ1) is 11.4. The van der Waals surface area contributed by atoms with Crippen LogP contribution in [0.2, 0.25) is 0 Å². The average Bonchev–Trinajstić information content (AvgIpc) is 2.95. The lowest BCUT2D eigenvalue weighted by molar-refractivity contribution is 0.162. The molecule has 2 amide bonds. The van der Waals surface area contributed by atoms with Gasteiger partial charge in [-0.1, -0.05) is 30.3 Å². The third kappa shape index (κ3) is 1.35. The molecule has 1 saturated heterocycles. The van der Waals surface area contributed by atoms with Crippen molar-refractivity contribution in [3.05, 3.63) is 59.9 Å². The van der Waals surface area contributed by atoms with E-state index in [0.717, 1.165) is 23.5 Å². The van der Waals surface area contributed by atoms with Crippen molar-refractivity contribution in [2.45, 2.75) is 5.66 Å². The number of rotatable bonds is 1. The molecule has 0 saturated carbocycles. The summed E-state index contributed by atoms with van der Waals surface area (Å²) in [6.45, 7) is 1.41. The van der Waals surface area contributed by atoms with Gasteiger partial charge in [0.15, 0.2) is 5.66 Å². The third-order valence-electron chi connectivity index (χ3n) is 3.95. The highest BCUT2D eigenvalue weighted by molar-refractivity contribution is 5.94. The lowest BCUT2D eigenvalue weighted by Crippen LogP contribution is -2.57. The predicted octanol–water partition coefficient (Wildman–Crippen LogP) is 1.73. The molecule has 0 aliphatic carbocycles. The first-order chi connectivity index (χ1) is 9.82. The van der Waals surface area contributed by atoms with Crippen molar-refractivity contribution in [2.24, 2.45) is 0 Å². The monoisotopic (exact) mass is 266 g/mol. The maximum Gasteiger partial charge on any atom is 0.324 e. The van der Waals surface area contributed by atoms with Crippen molar-refractivity contribution < 1.29 is 4.79 Å². The van der Waals surface area contributed by atoms with Gasteiger partial charge in [0, 0.05) is 19.3 Å². The molecule has 2 aliphatic rings. The van der Waals surface area contributed by atoms with Crippen LogP contribution in [0.4, 0.5) is 10.5 Å². The molecule has 0 radical (unpaired) electrons. The molecule has 0 bridgehead atoms. The predicted molar refractivity (Wildman–Crippen MR) is 75.2 cm³/mol. The molecule has 1 aromatic heterocycles. The molecule has 3 heterocycles. The number of pyridine rings is 1. The molecular formula is C15H14N4O. The maximum atomic E-state index is 12.4. The Kier molecular flexibility index (Phi) is 2.31. The summed E-state index contributed by atoms with van der Waals surface area (Å²) >= 11 is 0.